The van der Waals surface area contributed by atoms with Gasteiger partial charge in [-0.1, -0.05) is 43.4 Å². The van der Waals surface area contributed by atoms with Crippen LogP contribution < -0.4 is 4.90 Å². The van der Waals surface area contributed by atoms with Crippen molar-refractivity contribution >= 4 is 32.6 Å². The maximum atomic E-state index is 13.0. The third kappa shape index (κ3) is 3.29. The summed E-state index contributed by atoms with van der Waals surface area (Å²) in [5.74, 6) is 0.181. The quantitative estimate of drug-likeness (QED) is 0.707. The van der Waals surface area contributed by atoms with Gasteiger partial charge in [0.05, 0.1) is 21.8 Å². The minimum Gasteiger partial charge on any atom is -0.284 e. The highest BCUT2D eigenvalue weighted by Crippen LogP contribution is 2.30. The van der Waals surface area contributed by atoms with Gasteiger partial charge < -0.3 is 0 Å². The summed E-state index contributed by atoms with van der Waals surface area (Å²) in [6.07, 6.45) is 0. The fourth-order valence-electron chi connectivity index (χ4n) is 2.47. The normalized spacial score (nSPS) is 10.8. The molecule has 0 saturated heterocycles. The second-order valence-corrected chi connectivity index (χ2v) is 6.98. The number of carbonyl (C=O) groups excluding carboxylic acids is 1. The van der Waals surface area contributed by atoms with E-state index in [1.54, 1.807) is 29.2 Å². The lowest BCUT2D eigenvalue weighted by atomic mass is 10.1. The summed E-state index contributed by atoms with van der Waals surface area (Å²) in [5.41, 5.74) is 1.88. The molecule has 0 unspecified atom stereocenters. The van der Waals surface area contributed by atoms with Gasteiger partial charge in [-0.25, -0.2) is 4.98 Å². The molecule has 0 aliphatic carbocycles. The fraction of sp³-hybridized carbons (Fsp3) is 0.211. The summed E-state index contributed by atoms with van der Waals surface area (Å²) >= 11 is 1.51. The summed E-state index contributed by atoms with van der Waals surface area (Å²) < 4.78 is 1.06. The molecule has 3 aromatic rings. The fourth-order valence-corrected chi connectivity index (χ4v) is 3.44. The largest absolute Gasteiger partial charge is 0.284 e. The molecule has 4 nitrogen and oxygen atoms in total. The molecule has 0 N–H and O–H groups in total. The number of nitriles is 1. The van der Waals surface area contributed by atoms with E-state index in [1.165, 1.54) is 11.3 Å². The highest BCUT2D eigenvalue weighted by molar-refractivity contribution is 7.22. The van der Waals surface area contributed by atoms with Crippen LogP contribution in [0.3, 0.4) is 0 Å². The predicted molar refractivity (Wildman–Crippen MR) is 97.3 cm³/mol. The van der Waals surface area contributed by atoms with Crippen molar-refractivity contribution in [3.8, 4) is 6.07 Å². The molecular formula is C19H17N3OS. The molecule has 0 atom stereocenters. The number of rotatable bonds is 4. The van der Waals surface area contributed by atoms with Gasteiger partial charge in [0.25, 0.3) is 5.91 Å². The van der Waals surface area contributed by atoms with E-state index in [4.69, 9.17) is 5.26 Å². The number of fused-ring (bicyclic) bond motifs is 1. The number of nitrogens with zero attached hydrogens (tertiary/aromatic N) is 3. The summed E-state index contributed by atoms with van der Waals surface area (Å²) in [5, 5.41) is 9.75. The predicted octanol–water partition coefficient (Wildman–Crippen LogP) is 4.47. The number of carbonyl (C=O) groups is 1. The Balaban J connectivity index is 2.02. The van der Waals surface area contributed by atoms with Crippen LogP contribution in [0.5, 0.6) is 0 Å². The molecule has 24 heavy (non-hydrogen) atoms. The number of benzene rings is 2. The average molecular weight is 335 g/mol. The molecule has 2 aromatic carbocycles. The minimum absolute atomic E-state index is 0.125. The zero-order chi connectivity index (χ0) is 17.1. The van der Waals surface area contributed by atoms with Crippen LogP contribution in [0.15, 0.2) is 48.5 Å². The van der Waals surface area contributed by atoms with Gasteiger partial charge >= 0.3 is 0 Å². The molecule has 0 spiro atoms. The third-order valence-electron chi connectivity index (χ3n) is 3.54. The number of anilines is 1. The average Bonchev–Trinajstić information content (AvgIpc) is 3.02. The SMILES string of the molecule is CC(C)CN(C(=O)c1cccc(C#N)c1)c1nc2ccccc2s1. The summed E-state index contributed by atoms with van der Waals surface area (Å²) in [6, 6.07) is 16.7. The number of aromatic nitrogens is 1. The Morgan fingerprint density at radius 3 is 2.75 bits per heavy atom. The lowest BCUT2D eigenvalue weighted by Gasteiger charge is -2.22. The molecular weight excluding hydrogens is 318 g/mol. The second kappa shape index (κ2) is 6.81. The van der Waals surface area contributed by atoms with Crippen molar-refractivity contribution in [3.63, 3.8) is 0 Å². The first-order valence-corrected chi connectivity index (χ1v) is 8.57. The van der Waals surface area contributed by atoms with Crippen molar-refractivity contribution in [2.24, 2.45) is 5.92 Å². The van der Waals surface area contributed by atoms with Gasteiger partial charge in [0.15, 0.2) is 5.13 Å². The number of amides is 1. The molecule has 0 aliphatic rings. The first-order chi connectivity index (χ1) is 11.6. The van der Waals surface area contributed by atoms with E-state index < -0.39 is 0 Å². The molecule has 1 heterocycles. The standard InChI is InChI=1S/C19H17N3OS/c1-13(2)12-22(18(23)15-7-5-6-14(10-15)11-20)19-21-16-8-3-4-9-17(16)24-19/h3-10,13H,12H2,1-2H3. The molecule has 0 fully saturated rings. The Morgan fingerprint density at radius 2 is 2.04 bits per heavy atom. The van der Waals surface area contributed by atoms with Crippen LogP contribution in [-0.2, 0) is 0 Å². The Hall–Kier alpha value is -2.71. The van der Waals surface area contributed by atoms with E-state index in [0.717, 1.165) is 10.2 Å². The van der Waals surface area contributed by atoms with E-state index in [2.05, 4.69) is 24.9 Å². The van der Waals surface area contributed by atoms with Crippen molar-refractivity contribution in [1.29, 1.82) is 5.26 Å². The summed E-state index contributed by atoms with van der Waals surface area (Å²) in [6.45, 7) is 4.72. The van der Waals surface area contributed by atoms with Crippen molar-refractivity contribution in [3.05, 3.63) is 59.7 Å². The van der Waals surface area contributed by atoms with Crippen LogP contribution >= 0.6 is 11.3 Å². The van der Waals surface area contributed by atoms with Gasteiger partial charge in [0.2, 0.25) is 0 Å². The molecule has 0 bridgehead atoms. The lowest BCUT2D eigenvalue weighted by Crippen LogP contribution is -2.34. The number of hydrogen-bond acceptors (Lipinski definition) is 4. The van der Waals surface area contributed by atoms with Crippen LogP contribution in [0.25, 0.3) is 10.2 Å². The Kier molecular flexibility index (Phi) is 4.59. The van der Waals surface area contributed by atoms with Gasteiger partial charge in [0, 0.05) is 12.1 Å². The van der Waals surface area contributed by atoms with Gasteiger partial charge in [0.1, 0.15) is 0 Å². The molecule has 3 rings (SSSR count). The van der Waals surface area contributed by atoms with Crippen molar-refractivity contribution in [2.45, 2.75) is 13.8 Å². The summed E-state index contributed by atoms with van der Waals surface area (Å²) in [4.78, 5) is 19.3. The van der Waals surface area contributed by atoms with Crippen molar-refractivity contribution in [2.75, 3.05) is 11.4 Å². The van der Waals surface area contributed by atoms with Gasteiger partial charge in [-0.15, -0.1) is 0 Å². The summed E-state index contributed by atoms with van der Waals surface area (Å²) in [7, 11) is 0. The highest BCUT2D eigenvalue weighted by Gasteiger charge is 2.22. The molecule has 5 heteroatoms. The van der Waals surface area contributed by atoms with Gasteiger partial charge in [-0.3, -0.25) is 9.69 Å². The molecule has 1 aromatic heterocycles. The van der Waals surface area contributed by atoms with E-state index >= 15 is 0 Å². The van der Waals surface area contributed by atoms with E-state index in [0.29, 0.717) is 28.7 Å². The van der Waals surface area contributed by atoms with Gasteiger partial charge in [-0.2, -0.15) is 5.26 Å². The molecule has 0 saturated carbocycles. The van der Waals surface area contributed by atoms with E-state index in [-0.39, 0.29) is 5.91 Å². The first kappa shape index (κ1) is 16.2. The van der Waals surface area contributed by atoms with Crippen LogP contribution in [0.4, 0.5) is 5.13 Å². The maximum Gasteiger partial charge on any atom is 0.260 e. The van der Waals surface area contributed by atoms with Crippen LogP contribution in [0.1, 0.15) is 29.8 Å². The first-order valence-electron chi connectivity index (χ1n) is 7.76. The molecule has 120 valence electrons. The smallest absolute Gasteiger partial charge is 0.260 e. The number of para-hydroxylation sites is 1. The maximum absolute atomic E-state index is 13.0. The topological polar surface area (TPSA) is 57.0 Å². The number of thiazole rings is 1. The van der Waals surface area contributed by atoms with Crippen LogP contribution in [0, 0.1) is 17.2 Å². The van der Waals surface area contributed by atoms with Crippen LogP contribution in [0.2, 0.25) is 0 Å². The van der Waals surface area contributed by atoms with E-state index in [9.17, 15) is 4.79 Å². The molecule has 0 radical (unpaired) electrons. The zero-order valence-electron chi connectivity index (χ0n) is 13.6. The second-order valence-electron chi connectivity index (χ2n) is 5.97. The Labute approximate surface area is 145 Å². The molecule has 0 aliphatic heterocycles. The number of hydrogen-bond donors (Lipinski definition) is 0. The molecule has 1 amide bonds. The van der Waals surface area contributed by atoms with Crippen LogP contribution in [-0.4, -0.2) is 17.4 Å². The van der Waals surface area contributed by atoms with Gasteiger partial charge in [-0.05, 0) is 36.2 Å². The third-order valence-corrected chi connectivity index (χ3v) is 4.60. The monoisotopic (exact) mass is 335 g/mol. The zero-order valence-corrected chi connectivity index (χ0v) is 14.4. The Morgan fingerprint density at radius 1 is 1.25 bits per heavy atom. The van der Waals surface area contributed by atoms with Crippen molar-refractivity contribution < 1.29 is 4.79 Å². The minimum atomic E-state index is -0.125. The lowest BCUT2D eigenvalue weighted by molar-refractivity contribution is 0.0984. The van der Waals surface area contributed by atoms with E-state index in [1.807, 2.05) is 24.3 Å². The highest BCUT2D eigenvalue weighted by atomic mass is 32.1. The Bertz CT molecular complexity index is 891. The van der Waals surface area contributed by atoms with Crippen molar-refractivity contribution in [1.82, 2.24) is 4.98 Å².